The van der Waals surface area contributed by atoms with Crippen LogP contribution in [0.15, 0.2) is 36.4 Å². The maximum absolute atomic E-state index is 5.68. The molecule has 0 N–H and O–H groups in total. The second kappa shape index (κ2) is 10.6. The van der Waals surface area contributed by atoms with Crippen molar-refractivity contribution in [1.29, 1.82) is 0 Å². The van der Waals surface area contributed by atoms with Crippen LogP contribution in [0.2, 0.25) is 0 Å². The van der Waals surface area contributed by atoms with E-state index in [1.165, 1.54) is 56.1 Å². The molecule has 0 spiro atoms. The van der Waals surface area contributed by atoms with Crippen molar-refractivity contribution in [1.82, 2.24) is 0 Å². The van der Waals surface area contributed by atoms with E-state index in [1.807, 2.05) is 0 Å². The van der Waals surface area contributed by atoms with E-state index in [0.29, 0.717) is 0 Å². The van der Waals surface area contributed by atoms with Crippen molar-refractivity contribution >= 4 is 0 Å². The van der Waals surface area contributed by atoms with Gasteiger partial charge in [0.25, 0.3) is 0 Å². The molecule has 1 heteroatoms. The quantitative estimate of drug-likeness (QED) is 0.383. The minimum atomic E-state index is 0.759. The lowest BCUT2D eigenvalue weighted by atomic mass is 9.79. The van der Waals surface area contributed by atoms with Crippen LogP contribution in [0.5, 0.6) is 0 Å². The first-order valence-electron chi connectivity index (χ1n) is 9.60. The zero-order valence-electron chi connectivity index (χ0n) is 15.1. The fraction of sp³-hybridized carbons (Fsp3) is 0.636. The summed E-state index contributed by atoms with van der Waals surface area (Å²) in [4.78, 5) is 0. The molecule has 0 aliphatic heterocycles. The van der Waals surface area contributed by atoms with E-state index in [1.54, 1.807) is 0 Å². The second-order valence-corrected chi connectivity index (χ2v) is 7.07. The molecule has 0 bridgehead atoms. The van der Waals surface area contributed by atoms with Crippen LogP contribution in [-0.2, 0) is 17.8 Å². The van der Waals surface area contributed by atoms with Crippen molar-refractivity contribution in [2.75, 3.05) is 6.61 Å². The van der Waals surface area contributed by atoms with Crippen molar-refractivity contribution in [3.05, 3.63) is 47.5 Å². The van der Waals surface area contributed by atoms with Gasteiger partial charge in [0.15, 0.2) is 0 Å². The summed E-state index contributed by atoms with van der Waals surface area (Å²) in [6.45, 7) is 5.99. The Morgan fingerprint density at radius 3 is 2.39 bits per heavy atom. The number of aryl methyl sites for hydroxylation is 1. The third kappa shape index (κ3) is 6.91. The van der Waals surface area contributed by atoms with Gasteiger partial charge < -0.3 is 4.74 Å². The predicted molar refractivity (Wildman–Crippen MR) is 99.6 cm³/mol. The molecule has 0 heterocycles. The largest absolute Gasteiger partial charge is 0.377 e. The van der Waals surface area contributed by atoms with Gasteiger partial charge in [-0.25, -0.2) is 0 Å². The Balaban J connectivity index is 1.66. The third-order valence-corrected chi connectivity index (χ3v) is 5.13. The summed E-state index contributed by atoms with van der Waals surface area (Å²) >= 11 is 0. The van der Waals surface area contributed by atoms with Crippen molar-refractivity contribution in [3.63, 3.8) is 0 Å². The molecule has 0 saturated heterocycles. The maximum Gasteiger partial charge on any atom is 0.0716 e. The van der Waals surface area contributed by atoms with E-state index in [4.69, 9.17) is 4.74 Å². The summed E-state index contributed by atoms with van der Waals surface area (Å²) in [6.07, 6.45) is 15.2. The zero-order chi connectivity index (χ0) is 16.3. The molecule has 1 aliphatic carbocycles. The summed E-state index contributed by atoms with van der Waals surface area (Å²) in [6, 6.07) is 9.07. The average Bonchev–Trinajstić information content (AvgIpc) is 2.59. The number of allylic oxidation sites excluding steroid dienone is 2. The Hall–Kier alpha value is -1.08. The molecule has 1 saturated carbocycles. The fourth-order valence-corrected chi connectivity index (χ4v) is 3.55. The van der Waals surface area contributed by atoms with Gasteiger partial charge in [-0.3, -0.25) is 0 Å². The van der Waals surface area contributed by atoms with Gasteiger partial charge in [0.05, 0.1) is 6.61 Å². The van der Waals surface area contributed by atoms with Crippen LogP contribution in [0.3, 0.4) is 0 Å². The Bertz CT molecular complexity index is 438. The molecular weight excluding hydrogens is 280 g/mol. The van der Waals surface area contributed by atoms with Crippen LogP contribution in [0, 0.1) is 11.8 Å². The van der Waals surface area contributed by atoms with Crippen LogP contribution in [0.1, 0.15) is 69.9 Å². The van der Waals surface area contributed by atoms with E-state index >= 15 is 0 Å². The third-order valence-electron chi connectivity index (χ3n) is 5.13. The lowest BCUT2D eigenvalue weighted by molar-refractivity contribution is 0.118. The van der Waals surface area contributed by atoms with Crippen LogP contribution < -0.4 is 0 Å². The van der Waals surface area contributed by atoms with Crippen LogP contribution >= 0.6 is 0 Å². The zero-order valence-corrected chi connectivity index (χ0v) is 15.1. The summed E-state index contributed by atoms with van der Waals surface area (Å²) < 4.78 is 5.68. The Kier molecular flexibility index (Phi) is 8.46. The molecule has 2 rings (SSSR count). The van der Waals surface area contributed by atoms with Crippen molar-refractivity contribution in [3.8, 4) is 0 Å². The van der Waals surface area contributed by atoms with Crippen molar-refractivity contribution < 1.29 is 4.74 Å². The van der Waals surface area contributed by atoms with Gasteiger partial charge in [0.1, 0.15) is 0 Å². The van der Waals surface area contributed by atoms with Crippen LogP contribution in [0.25, 0.3) is 0 Å². The highest BCUT2D eigenvalue weighted by Crippen LogP contribution is 2.32. The van der Waals surface area contributed by atoms with Gasteiger partial charge in [0.2, 0.25) is 0 Å². The smallest absolute Gasteiger partial charge is 0.0716 e. The van der Waals surface area contributed by atoms with Crippen LogP contribution in [-0.4, -0.2) is 6.61 Å². The minimum Gasteiger partial charge on any atom is -0.377 e. The highest BCUT2D eigenvalue weighted by molar-refractivity contribution is 5.22. The number of hydrogen-bond donors (Lipinski definition) is 0. The molecule has 1 aliphatic rings. The van der Waals surface area contributed by atoms with E-state index in [2.05, 4.69) is 50.3 Å². The van der Waals surface area contributed by atoms with Gasteiger partial charge >= 0.3 is 0 Å². The molecule has 1 fully saturated rings. The Morgan fingerprint density at radius 1 is 1.04 bits per heavy atom. The normalized spacial score (nSPS) is 21.8. The number of ether oxygens (including phenoxy) is 1. The second-order valence-electron chi connectivity index (χ2n) is 7.07. The number of rotatable bonds is 9. The van der Waals surface area contributed by atoms with E-state index in [-0.39, 0.29) is 0 Å². The number of benzene rings is 1. The molecular formula is C22H34O. The standard InChI is InChI=1S/C22H34O/c1-3-5-17-23-18-22-15-13-21(14-16-22)12-11-20-9-7-19(6-4-2)8-10-20/h4,6,13-16,19-20H,3,5,7-12,17-18H2,1-2H3/t19-,20-. The predicted octanol–water partition coefficient (Wildman–Crippen LogP) is 6.32. The maximum atomic E-state index is 5.68. The Morgan fingerprint density at radius 2 is 1.74 bits per heavy atom. The molecule has 1 nitrogen and oxygen atoms in total. The molecule has 1 aromatic rings. The van der Waals surface area contributed by atoms with Gasteiger partial charge in [-0.1, -0.05) is 49.8 Å². The molecule has 23 heavy (non-hydrogen) atoms. The average molecular weight is 315 g/mol. The molecule has 0 unspecified atom stereocenters. The summed E-state index contributed by atoms with van der Waals surface area (Å²) in [5, 5.41) is 0. The van der Waals surface area contributed by atoms with Gasteiger partial charge in [0, 0.05) is 6.61 Å². The SMILES string of the molecule is CC=C[C@H]1CC[C@H](CCc2ccc(COCCCC)cc2)CC1. The van der Waals surface area contributed by atoms with E-state index in [9.17, 15) is 0 Å². The molecule has 0 radical (unpaired) electrons. The lowest BCUT2D eigenvalue weighted by Gasteiger charge is -2.26. The van der Waals surface area contributed by atoms with Gasteiger partial charge in [-0.05, 0) is 74.8 Å². The number of unbranched alkanes of at least 4 members (excludes halogenated alkanes) is 1. The van der Waals surface area contributed by atoms with Crippen LogP contribution in [0.4, 0.5) is 0 Å². The first-order valence-corrected chi connectivity index (χ1v) is 9.60. The summed E-state index contributed by atoms with van der Waals surface area (Å²) in [5.41, 5.74) is 2.79. The first kappa shape index (κ1) is 18.3. The number of hydrogen-bond acceptors (Lipinski definition) is 1. The molecule has 0 amide bonds. The highest BCUT2D eigenvalue weighted by Gasteiger charge is 2.18. The van der Waals surface area contributed by atoms with E-state index in [0.717, 1.165) is 31.5 Å². The van der Waals surface area contributed by atoms with E-state index < -0.39 is 0 Å². The monoisotopic (exact) mass is 314 g/mol. The summed E-state index contributed by atoms with van der Waals surface area (Å²) in [7, 11) is 0. The minimum absolute atomic E-state index is 0.759. The highest BCUT2D eigenvalue weighted by atomic mass is 16.5. The summed E-state index contributed by atoms with van der Waals surface area (Å²) in [5.74, 6) is 1.79. The molecule has 1 aromatic carbocycles. The van der Waals surface area contributed by atoms with Crippen molar-refractivity contribution in [2.45, 2.75) is 71.8 Å². The first-order chi connectivity index (χ1) is 11.3. The Labute approximate surface area is 143 Å². The van der Waals surface area contributed by atoms with Crippen molar-refractivity contribution in [2.24, 2.45) is 11.8 Å². The molecule has 0 aromatic heterocycles. The molecule has 0 atom stereocenters. The van der Waals surface area contributed by atoms with Gasteiger partial charge in [-0.15, -0.1) is 0 Å². The topological polar surface area (TPSA) is 9.23 Å². The van der Waals surface area contributed by atoms with Gasteiger partial charge in [-0.2, -0.15) is 0 Å². The molecule has 128 valence electrons. The fourth-order valence-electron chi connectivity index (χ4n) is 3.55. The lowest BCUT2D eigenvalue weighted by Crippen LogP contribution is -2.13.